The van der Waals surface area contributed by atoms with E-state index in [-0.39, 0.29) is 6.10 Å². The molecule has 0 aromatic heterocycles. The van der Waals surface area contributed by atoms with Gasteiger partial charge in [0.05, 0.1) is 5.02 Å². The van der Waals surface area contributed by atoms with Crippen LogP contribution in [0.1, 0.15) is 11.7 Å². The van der Waals surface area contributed by atoms with Gasteiger partial charge in [-0.2, -0.15) is 0 Å². The molecule has 0 bridgehead atoms. The Labute approximate surface area is 120 Å². The minimum absolute atomic E-state index is 0.196. The van der Waals surface area contributed by atoms with Gasteiger partial charge in [-0.05, 0) is 23.8 Å². The monoisotopic (exact) mass is 325 g/mol. The van der Waals surface area contributed by atoms with Crippen LogP contribution >= 0.6 is 27.5 Å². The second-order valence-corrected chi connectivity index (χ2v) is 5.15. The smallest absolute Gasteiger partial charge is 0.140 e. The van der Waals surface area contributed by atoms with E-state index in [1.165, 1.54) is 0 Å². The summed E-state index contributed by atoms with van der Waals surface area (Å²) in [6, 6.07) is 15.4. The van der Waals surface area contributed by atoms with E-state index in [9.17, 15) is 0 Å². The zero-order valence-corrected chi connectivity index (χ0v) is 12.0. The maximum atomic E-state index is 6.10. The van der Waals surface area contributed by atoms with E-state index >= 15 is 0 Å². The number of nitrogens with two attached hydrogens (primary N) is 1. The van der Waals surface area contributed by atoms with Crippen LogP contribution in [0.3, 0.4) is 0 Å². The van der Waals surface area contributed by atoms with Crippen LogP contribution in [-0.4, -0.2) is 6.54 Å². The quantitative estimate of drug-likeness (QED) is 0.914. The number of hydrogen-bond acceptors (Lipinski definition) is 2. The van der Waals surface area contributed by atoms with E-state index in [0.717, 1.165) is 10.0 Å². The molecule has 18 heavy (non-hydrogen) atoms. The molecule has 2 nitrogen and oxygen atoms in total. The van der Waals surface area contributed by atoms with Crippen LogP contribution in [-0.2, 0) is 0 Å². The molecule has 0 heterocycles. The third kappa shape index (κ3) is 3.25. The van der Waals surface area contributed by atoms with Crippen LogP contribution < -0.4 is 10.5 Å². The Bertz CT molecular complexity index is 518. The van der Waals surface area contributed by atoms with Crippen molar-refractivity contribution >= 4 is 27.5 Å². The van der Waals surface area contributed by atoms with Gasteiger partial charge >= 0.3 is 0 Å². The molecule has 0 spiro atoms. The summed E-state index contributed by atoms with van der Waals surface area (Å²) in [4.78, 5) is 0. The number of ether oxygens (including phenoxy) is 1. The van der Waals surface area contributed by atoms with Crippen molar-refractivity contribution in [2.24, 2.45) is 5.73 Å². The third-order valence-electron chi connectivity index (χ3n) is 2.55. The van der Waals surface area contributed by atoms with Crippen LogP contribution in [0.15, 0.2) is 53.0 Å². The summed E-state index contributed by atoms with van der Waals surface area (Å²) < 4.78 is 6.80. The molecule has 0 aliphatic heterocycles. The summed E-state index contributed by atoms with van der Waals surface area (Å²) in [5.74, 6) is 0.630. The molecule has 0 saturated carbocycles. The summed E-state index contributed by atoms with van der Waals surface area (Å²) in [7, 11) is 0. The lowest BCUT2D eigenvalue weighted by molar-refractivity contribution is 0.214. The fourth-order valence-electron chi connectivity index (χ4n) is 1.64. The molecule has 2 aromatic carbocycles. The summed E-state index contributed by atoms with van der Waals surface area (Å²) in [5.41, 5.74) is 6.80. The van der Waals surface area contributed by atoms with E-state index in [1.54, 1.807) is 6.07 Å². The Morgan fingerprint density at radius 3 is 2.56 bits per heavy atom. The Kier molecular flexibility index (Phi) is 4.64. The molecule has 94 valence electrons. The first-order valence-corrected chi connectivity index (χ1v) is 6.74. The van der Waals surface area contributed by atoms with E-state index in [4.69, 9.17) is 22.1 Å². The molecule has 2 aromatic rings. The maximum Gasteiger partial charge on any atom is 0.140 e. The van der Waals surface area contributed by atoms with Gasteiger partial charge < -0.3 is 10.5 Å². The number of hydrogen-bond donors (Lipinski definition) is 1. The predicted molar refractivity (Wildman–Crippen MR) is 78.0 cm³/mol. The minimum atomic E-state index is -0.196. The average Bonchev–Trinajstić information content (AvgIpc) is 2.41. The molecule has 4 heteroatoms. The lowest BCUT2D eigenvalue weighted by Crippen LogP contribution is -2.18. The first-order valence-electron chi connectivity index (χ1n) is 5.57. The van der Waals surface area contributed by atoms with Crippen molar-refractivity contribution in [2.45, 2.75) is 6.10 Å². The Hall–Kier alpha value is -1.03. The average molecular weight is 327 g/mol. The zero-order valence-electron chi connectivity index (χ0n) is 9.64. The van der Waals surface area contributed by atoms with Gasteiger partial charge in [0.15, 0.2) is 0 Å². The summed E-state index contributed by atoms with van der Waals surface area (Å²) in [5, 5.41) is 0.576. The first-order chi connectivity index (χ1) is 8.70. The number of benzene rings is 2. The van der Waals surface area contributed by atoms with E-state index < -0.39 is 0 Å². The van der Waals surface area contributed by atoms with Crippen LogP contribution in [0.4, 0.5) is 0 Å². The van der Waals surface area contributed by atoms with E-state index in [0.29, 0.717) is 17.3 Å². The highest BCUT2D eigenvalue weighted by Crippen LogP contribution is 2.31. The van der Waals surface area contributed by atoms with Crippen molar-refractivity contribution in [3.8, 4) is 5.75 Å². The molecule has 0 radical (unpaired) electrons. The Morgan fingerprint density at radius 1 is 1.17 bits per heavy atom. The first kappa shape index (κ1) is 13.4. The van der Waals surface area contributed by atoms with Gasteiger partial charge in [-0.1, -0.05) is 57.9 Å². The highest BCUT2D eigenvalue weighted by atomic mass is 79.9. The summed E-state index contributed by atoms with van der Waals surface area (Å²) in [6.07, 6.45) is -0.196. The fraction of sp³-hybridized carbons (Fsp3) is 0.143. The van der Waals surface area contributed by atoms with Crippen molar-refractivity contribution in [1.29, 1.82) is 0 Å². The van der Waals surface area contributed by atoms with Crippen LogP contribution in [0, 0.1) is 0 Å². The predicted octanol–water partition coefficient (Wildman–Crippen LogP) is 4.18. The minimum Gasteiger partial charge on any atom is -0.483 e. The van der Waals surface area contributed by atoms with Gasteiger partial charge in [-0.3, -0.25) is 0 Å². The fourth-order valence-corrected chi connectivity index (χ4v) is 2.14. The molecule has 0 fully saturated rings. The highest BCUT2D eigenvalue weighted by molar-refractivity contribution is 9.10. The van der Waals surface area contributed by atoms with Crippen LogP contribution in [0.25, 0.3) is 0 Å². The topological polar surface area (TPSA) is 35.2 Å². The molecule has 2 rings (SSSR count). The molecule has 2 N–H and O–H groups in total. The second kappa shape index (κ2) is 6.23. The lowest BCUT2D eigenvalue weighted by Gasteiger charge is -2.18. The maximum absolute atomic E-state index is 6.10. The normalized spacial score (nSPS) is 12.2. The molecule has 0 aliphatic rings. The third-order valence-corrected chi connectivity index (χ3v) is 3.35. The van der Waals surface area contributed by atoms with Crippen molar-refractivity contribution < 1.29 is 4.74 Å². The van der Waals surface area contributed by atoms with Gasteiger partial charge in [0.1, 0.15) is 11.9 Å². The van der Waals surface area contributed by atoms with Crippen LogP contribution in [0.2, 0.25) is 5.02 Å². The van der Waals surface area contributed by atoms with E-state index in [1.807, 2.05) is 42.5 Å². The summed E-state index contributed by atoms with van der Waals surface area (Å²) in [6.45, 7) is 0.396. The number of halogens is 2. The Balaban J connectivity index is 2.23. The molecular weight excluding hydrogens is 314 g/mol. The van der Waals surface area contributed by atoms with Gasteiger partial charge in [-0.25, -0.2) is 0 Å². The van der Waals surface area contributed by atoms with Gasteiger partial charge in [0.25, 0.3) is 0 Å². The van der Waals surface area contributed by atoms with Crippen molar-refractivity contribution in [2.75, 3.05) is 6.54 Å². The lowest BCUT2D eigenvalue weighted by atomic mass is 10.1. The van der Waals surface area contributed by atoms with Crippen LogP contribution in [0.5, 0.6) is 5.75 Å². The van der Waals surface area contributed by atoms with Gasteiger partial charge in [0.2, 0.25) is 0 Å². The molecule has 0 aliphatic carbocycles. The summed E-state index contributed by atoms with van der Waals surface area (Å²) >= 11 is 9.49. The van der Waals surface area contributed by atoms with Crippen molar-refractivity contribution in [3.05, 3.63) is 63.6 Å². The molecular formula is C14H13BrClNO. The largest absolute Gasteiger partial charge is 0.483 e. The second-order valence-electron chi connectivity index (χ2n) is 3.83. The zero-order chi connectivity index (χ0) is 13.0. The van der Waals surface area contributed by atoms with Crippen molar-refractivity contribution in [3.63, 3.8) is 0 Å². The van der Waals surface area contributed by atoms with Gasteiger partial charge in [0, 0.05) is 11.0 Å². The SMILES string of the molecule is NCC(Oc1cc(Br)ccc1Cl)c1ccccc1. The van der Waals surface area contributed by atoms with E-state index in [2.05, 4.69) is 15.9 Å². The molecule has 0 saturated heterocycles. The molecule has 1 atom stereocenters. The van der Waals surface area contributed by atoms with Gasteiger partial charge in [-0.15, -0.1) is 0 Å². The molecule has 1 unspecified atom stereocenters. The molecule has 0 amide bonds. The Morgan fingerprint density at radius 2 is 1.89 bits per heavy atom. The number of rotatable bonds is 4. The standard InChI is InChI=1S/C14H13BrClNO/c15-11-6-7-12(16)13(8-11)18-14(9-17)10-4-2-1-3-5-10/h1-8,14H,9,17H2. The highest BCUT2D eigenvalue weighted by Gasteiger charge is 2.13. The van der Waals surface area contributed by atoms with Crippen molar-refractivity contribution in [1.82, 2.24) is 0 Å².